The molecular formula is C18H21N3O5. The van der Waals surface area contributed by atoms with Crippen molar-refractivity contribution in [2.75, 3.05) is 19.7 Å². The van der Waals surface area contributed by atoms with Crippen LogP contribution in [-0.2, 0) is 4.74 Å². The fraction of sp³-hybridized carbons (Fsp3) is 0.389. The highest BCUT2D eigenvalue weighted by Crippen LogP contribution is 2.29. The van der Waals surface area contributed by atoms with E-state index in [4.69, 9.17) is 4.74 Å². The SMILES string of the molecule is CCOC(=O)c1[nH]c(=O)n(C2CCCN(C(=O)O)C2)c1-c1ccccc1. The average Bonchev–Trinajstić information content (AvgIpc) is 3.00. The van der Waals surface area contributed by atoms with Crippen molar-refractivity contribution < 1.29 is 19.4 Å². The summed E-state index contributed by atoms with van der Waals surface area (Å²) in [6.07, 6.45) is 0.298. The predicted molar refractivity (Wildman–Crippen MR) is 94.3 cm³/mol. The van der Waals surface area contributed by atoms with E-state index in [0.717, 1.165) is 0 Å². The van der Waals surface area contributed by atoms with Crippen LogP contribution in [0, 0.1) is 0 Å². The summed E-state index contributed by atoms with van der Waals surface area (Å²) < 4.78 is 6.57. The number of carbonyl (C=O) groups is 2. The van der Waals surface area contributed by atoms with Crippen molar-refractivity contribution in [2.24, 2.45) is 0 Å². The quantitative estimate of drug-likeness (QED) is 0.815. The highest BCUT2D eigenvalue weighted by atomic mass is 16.5. The summed E-state index contributed by atoms with van der Waals surface area (Å²) in [5.74, 6) is -0.604. The number of likely N-dealkylation sites (tertiary alicyclic amines) is 1. The molecule has 1 aromatic heterocycles. The summed E-state index contributed by atoms with van der Waals surface area (Å²) in [5.41, 5.74) is 0.785. The van der Waals surface area contributed by atoms with E-state index in [0.29, 0.717) is 30.6 Å². The molecule has 1 saturated heterocycles. The van der Waals surface area contributed by atoms with E-state index in [2.05, 4.69) is 4.98 Å². The van der Waals surface area contributed by atoms with Crippen molar-refractivity contribution >= 4 is 12.1 Å². The Balaban J connectivity index is 2.11. The molecular weight excluding hydrogens is 338 g/mol. The van der Waals surface area contributed by atoms with Gasteiger partial charge in [0, 0.05) is 18.7 Å². The topological polar surface area (TPSA) is 105 Å². The van der Waals surface area contributed by atoms with Gasteiger partial charge in [-0.2, -0.15) is 0 Å². The van der Waals surface area contributed by atoms with Crippen LogP contribution in [0.3, 0.4) is 0 Å². The number of H-pyrrole nitrogens is 1. The number of amides is 1. The lowest BCUT2D eigenvalue weighted by molar-refractivity contribution is 0.0520. The van der Waals surface area contributed by atoms with Gasteiger partial charge in [0.1, 0.15) is 0 Å². The minimum absolute atomic E-state index is 0.0931. The summed E-state index contributed by atoms with van der Waals surface area (Å²) in [7, 11) is 0. The second-order valence-corrected chi connectivity index (χ2v) is 6.13. The van der Waals surface area contributed by atoms with Crippen molar-refractivity contribution in [3.63, 3.8) is 0 Å². The van der Waals surface area contributed by atoms with Gasteiger partial charge in [-0.1, -0.05) is 30.3 Å². The monoisotopic (exact) mass is 359 g/mol. The van der Waals surface area contributed by atoms with Gasteiger partial charge in [-0.05, 0) is 19.8 Å². The van der Waals surface area contributed by atoms with E-state index in [9.17, 15) is 19.5 Å². The summed E-state index contributed by atoms with van der Waals surface area (Å²) in [6, 6.07) is 8.74. The van der Waals surface area contributed by atoms with Crippen molar-refractivity contribution in [3.8, 4) is 11.3 Å². The Bertz CT molecular complexity index is 855. The van der Waals surface area contributed by atoms with Crippen LogP contribution in [0.1, 0.15) is 36.3 Å². The molecule has 0 spiro atoms. The lowest BCUT2D eigenvalue weighted by Gasteiger charge is -2.32. The van der Waals surface area contributed by atoms with Gasteiger partial charge >= 0.3 is 17.8 Å². The van der Waals surface area contributed by atoms with Gasteiger partial charge in [-0.25, -0.2) is 14.4 Å². The van der Waals surface area contributed by atoms with Crippen LogP contribution in [0.2, 0.25) is 0 Å². The van der Waals surface area contributed by atoms with Crippen LogP contribution in [0.25, 0.3) is 11.3 Å². The van der Waals surface area contributed by atoms with Crippen LogP contribution in [-0.4, -0.2) is 51.3 Å². The summed E-state index contributed by atoms with van der Waals surface area (Å²) in [5, 5.41) is 9.28. The fourth-order valence-electron chi connectivity index (χ4n) is 3.37. The van der Waals surface area contributed by atoms with Crippen molar-refractivity contribution in [3.05, 3.63) is 46.5 Å². The number of aromatic amines is 1. The molecule has 2 heterocycles. The molecule has 0 bridgehead atoms. The number of nitrogens with one attached hydrogen (secondary N) is 1. The fourth-order valence-corrected chi connectivity index (χ4v) is 3.37. The second kappa shape index (κ2) is 7.47. The van der Waals surface area contributed by atoms with Crippen molar-refractivity contribution in [1.82, 2.24) is 14.5 Å². The number of nitrogens with zero attached hydrogens (tertiary/aromatic N) is 2. The lowest BCUT2D eigenvalue weighted by Crippen LogP contribution is -2.42. The molecule has 1 aliphatic heterocycles. The van der Waals surface area contributed by atoms with Gasteiger partial charge in [0.2, 0.25) is 0 Å². The smallest absolute Gasteiger partial charge is 0.407 e. The molecule has 2 N–H and O–H groups in total. The van der Waals surface area contributed by atoms with Crippen molar-refractivity contribution in [1.29, 1.82) is 0 Å². The Morgan fingerprint density at radius 2 is 2.04 bits per heavy atom. The first-order valence-electron chi connectivity index (χ1n) is 8.57. The minimum Gasteiger partial charge on any atom is -0.465 e. The highest BCUT2D eigenvalue weighted by molar-refractivity contribution is 5.94. The number of piperidine rings is 1. The largest absolute Gasteiger partial charge is 0.465 e. The summed E-state index contributed by atoms with van der Waals surface area (Å²) in [4.78, 5) is 40.2. The molecule has 1 aromatic carbocycles. The Kier molecular flexibility index (Phi) is 5.11. The average molecular weight is 359 g/mol. The zero-order valence-electron chi connectivity index (χ0n) is 14.5. The normalized spacial score (nSPS) is 17.1. The molecule has 0 radical (unpaired) electrons. The number of esters is 1. The summed E-state index contributed by atoms with van der Waals surface area (Å²) in [6.45, 7) is 2.53. The van der Waals surface area contributed by atoms with Gasteiger partial charge in [0.25, 0.3) is 0 Å². The van der Waals surface area contributed by atoms with Gasteiger partial charge in [-0.15, -0.1) is 0 Å². The Hall–Kier alpha value is -3.03. The first kappa shape index (κ1) is 17.8. The molecule has 2 aromatic rings. The van der Waals surface area contributed by atoms with E-state index >= 15 is 0 Å². The minimum atomic E-state index is -1.01. The van der Waals surface area contributed by atoms with E-state index in [1.54, 1.807) is 19.1 Å². The molecule has 138 valence electrons. The number of aromatic nitrogens is 2. The molecule has 1 fully saturated rings. The number of ether oxygens (including phenoxy) is 1. The number of imidazole rings is 1. The second-order valence-electron chi connectivity index (χ2n) is 6.13. The molecule has 26 heavy (non-hydrogen) atoms. The lowest BCUT2D eigenvalue weighted by atomic mass is 10.0. The van der Waals surface area contributed by atoms with Gasteiger partial charge < -0.3 is 14.7 Å². The Morgan fingerprint density at radius 3 is 2.69 bits per heavy atom. The van der Waals surface area contributed by atoms with Crippen LogP contribution in [0.4, 0.5) is 4.79 Å². The number of rotatable bonds is 4. The third kappa shape index (κ3) is 3.35. The first-order chi connectivity index (χ1) is 12.5. The highest BCUT2D eigenvalue weighted by Gasteiger charge is 2.30. The molecule has 3 rings (SSSR count). The Labute approximate surface area is 150 Å². The van der Waals surface area contributed by atoms with Crippen LogP contribution < -0.4 is 5.69 Å². The number of hydrogen-bond acceptors (Lipinski definition) is 4. The van der Waals surface area contributed by atoms with E-state index in [1.165, 1.54) is 9.47 Å². The van der Waals surface area contributed by atoms with E-state index in [-0.39, 0.29) is 24.9 Å². The standard InChI is InChI=1S/C18H21N3O5/c1-2-26-16(22)14-15(12-7-4-3-5-8-12)21(17(23)19-14)13-9-6-10-20(11-13)18(24)25/h3-5,7-8,13H,2,6,9-11H2,1H3,(H,19,23)(H,24,25). The number of benzene rings is 1. The van der Waals surface area contributed by atoms with Crippen LogP contribution in [0.15, 0.2) is 35.1 Å². The number of carboxylic acid groups (broad SMARTS) is 1. The molecule has 0 aliphatic carbocycles. The zero-order chi connectivity index (χ0) is 18.7. The maximum atomic E-state index is 12.7. The molecule has 8 nitrogen and oxygen atoms in total. The number of carbonyl (C=O) groups excluding carboxylic acids is 1. The predicted octanol–water partition coefficient (Wildman–Crippen LogP) is 2.33. The number of hydrogen-bond donors (Lipinski definition) is 2. The Morgan fingerprint density at radius 1 is 1.31 bits per heavy atom. The van der Waals surface area contributed by atoms with Gasteiger partial charge in [0.15, 0.2) is 5.69 Å². The maximum Gasteiger partial charge on any atom is 0.407 e. The molecule has 1 atom stereocenters. The zero-order valence-corrected chi connectivity index (χ0v) is 14.5. The summed E-state index contributed by atoms with van der Waals surface area (Å²) >= 11 is 0. The van der Waals surface area contributed by atoms with E-state index in [1.807, 2.05) is 18.2 Å². The van der Waals surface area contributed by atoms with Crippen LogP contribution >= 0.6 is 0 Å². The molecule has 0 saturated carbocycles. The van der Waals surface area contributed by atoms with Gasteiger partial charge in [0.05, 0.1) is 18.3 Å². The molecule has 1 unspecified atom stereocenters. The first-order valence-corrected chi connectivity index (χ1v) is 8.57. The molecule has 1 amide bonds. The van der Waals surface area contributed by atoms with E-state index < -0.39 is 17.8 Å². The molecule has 8 heteroatoms. The molecule has 1 aliphatic rings. The third-order valence-corrected chi connectivity index (χ3v) is 4.49. The maximum absolute atomic E-state index is 12.7. The van der Waals surface area contributed by atoms with Crippen LogP contribution in [0.5, 0.6) is 0 Å². The third-order valence-electron chi connectivity index (χ3n) is 4.49. The van der Waals surface area contributed by atoms with Gasteiger partial charge in [-0.3, -0.25) is 9.55 Å². The van der Waals surface area contributed by atoms with Crippen molar-refractivity contribution in [2.45, 2.75) is 25.8 Å².